The number of hydrogen-bond donors (Lipinski definition) is 1. The zero-order valence-corrected chi connectivity index (χ0v) is 19.8. The maximum absolute atomic E-state index is 13.4. The minimum atomic E-state index is -3.95. The largest absolute Gasteiger partial charge is 0.271 e. The molecule has 0 aliphatic heterocycles. The SMILES string of the molecule is CSc1ccc(/C=N/NC(=O)CN(c2ccc(C)cc2C)S(=O)(=O)c2ccccc2)cc1. The lowest BCUT2D eigenvalue weighted by Crippen LogP contribution is -2.40. The maximum atomic E-state index is 13.4. The van der Waals surface area contributed by atoms with Crippen LogP contribution in [0.4, 0.5) is 5.69 Å². The summed E-state index contributed by atoms with van der Waals surface area (Å²) in [7, 11) is -3.95. The second-order valence-electron chi connectivity index (χ2n) is 7.18. The number of carbonyl (C=O) groups is 1. The van der Waals surface area contributed by atoms with Gasteiger partial charge in [0.05, 0.1) is 16.8 Å². The lowest BCUT2D eigenvalue weighted by Gasteiger charge is -2.25. The van der Waals surface area contributed by atoms with Gasteiger partial charge in [-0.05, 0) is 61.6 Å². The van der Waals surface area contributed by atoms with E-state index in [-0.39, 0.29) is 4.90 Å². The molecule has 0 saturated heterocycles. The minimum absolute atomic E-state index is 0.116. The van der Waals surface area contributed by atoms with E-state index in [1.807, 2.05) is 56.5 Å². The van der Waals surface area contributed by atoms with Gasteiger partial charge in [-0.15, -0.1) is 11.8 Å². The van der Waals surface area contributed by atoms with Crippen LogP contribution >= 0.6 is 11.8 Å². The summed E-state index contributed by atoms with van der Waals surface area (Å²) < 4.78 is 27.9. The molecule has 1 amide bonds. The summed E-state index contributed by atoms with van der Waals surface area (Å²) in [6.07, 6.45) is 3.52. The molecule has 0 spiro atoms. The molecule has 3 aromatic carbocycles. The number of thioether (sulfide) groups is 1. The molecule has 0 saturated carbocycles. The van der Waals surface area contributed by atoms with Gasteiger partial charge in [-0.3, -0.25) is 9.10 Å². The summed E-state index contributed by atoms with van der Waals surface area (Å²) in [6.45, 7) is 3.36. The number of anilines is 1. The van der Waals surface area contributed by atoms with Gasteiger partial charge in [0.1, 0.15) is 6.54 Å². The number of sulfonamides is 1. The van der Waals surface area contributed by atoms with Crippen LogP contribution in [0.2, 0.25) is 0 Å². The highest BCUT2D eigenvalue weighted by Crippen LogP contribution is 2.27. The number of carbonyl (C=O) groups excluding carboxylic acids is 1. The first-order chi connectivity index (χ1) is 15.3. The molecule has 166 valence electrons. The summed E-state index contributed by atoms with van der Waals surface area (Å²) in [5, 5.41) is 3.98. The summed E-state index contributed by atoms with van der Waals surface area (Å²) in [5.74, 6) is -0.540. The van der Waals surface area contributed by atoms with Crippen molar-refractivity contribution in [1.82, 2.24) is 5.43 Å². The summed E-state index contributed by atoms with van der Waals surface area (Å²) in [6, 6.07) is 21.2. The van der Waals surface area contributed by atoms with E-state index in [0.29, 0.717) is 5.69 Å². The third-order valence-corrected chi connectivity index (χ3v) is 7.28. The quantitative estimate of drug-likeness (QED) is 0.303. The lowest BCUT2D eigenvalue weighted by atomic mass is 10.1. The predicted molar refractivity (Wildman–Crippen MR) is 131 cm³/mol. The van der Waals surface area contributed by atoms with Crippen LogP contribution in [-0.2, 0) is 14.8 Å². The zero-order valence-electron chi connectivity index (χ0n) is 18.1. The van der Waals surface area contributed by atoms with Gasteiger partial charge in [-0.25, -0.2) is 13.8 Å². The van der Waals surface area contributed by atoms with E-state index in [9.17, 15) is 13.2 Å². The molecule has 0 atom stereocenters. The molecule has 3 rings (SSSR count). The van der Waals surface area contributed by atoms with E-state index in [1.54, 1.807) is 36.0 Å². The number of benzene rings is 3. The molecule has 8 heteroatoms. The van der Waals surface area contributed by atoms with Gasteiger partial charge in [0.15, 0.2) is 0 Å². The monoisotopic (exact) mass is 467 g/mol. The number of aryl methyl sites for hydroxylation is 2. The first kappa shape index (κ1) is 23.6. The molecule has 32 heavy (non-hydrogen) atoms. The fourth-order valence-corrected chi connectivity index (χ4v) is 5.05. The van der Waals surface area contributed by atoms with Crippen LogP contribution < -0.4 is 9.73 Å². The summed E-state index contributed by atoms with van der Waals surface area (Å²) >= 11 is 1.64. The van der Waals surface area contributed by atoms with Crippen molar-refractivity contribution < 1.29 is 13.2 Å². The van der Waals surface area contributed by atoms with Crippen molar-refractivity contribution in [2.45, 2.75) is 23.6 Å². The zero-order chi connectivity index (χ0) is 23.1. The van der Waals surface area contributed by atoms with Gasteiger partial charge in [0.2, 0.25) is 0 Å². The molecular weight excluding hydrogens is 442 g/mol. The van der Waals surface area contributed by atoms with Crippen LogP contribution in [0, 0.1) is 13.8 Å². The van der Waals surface area contributed by atoms with Gasteiger partial charge in [-0.2, -0.15) is 5.10 Å². The molecule has 0 radical (unpaired) electrons. The predicted octanol–water partition coefficient (Wildman–Crippen LogP) is 4.37. The molecule has 0 fully saturated rings. The number of nitrogens with one attached hydrogen (secondary N) is 1. The highest BCUT2D eigenvalue weighted by molar-refractivity contribution is 7.98. The molecule has 0 aliphatic rings. The Balaban J connectivity index is 1.83. The third-order valence-electron chi connectivity index (χ3n) is 4.76. The second-order valence-corrected chi connectivity index (χ2v) is 9.92. The molecule has 0 aromatic heterocycles. The van der Waals surface area contributed by atoms with Crippen molar-refractivity contribution >= 4 is 39.6 Å². The van der Waals surface area contributed by atoms with E-state index in [2.05, 4.69) is 10.5 Å². The number of hydrogen-bond acceptors (Lipinski definition) is 5. The first-order valence-corrected chi connectivity index (χ1v) is 12.6. The number of rotatable bonds is 8. The Morgan fingerprint density at radius 3 is 2.34 bits per heavy atom. The van der Waals surface area contributed by atoms with Crippen molar-refractivity contribution in [3.63, 3.8) is 0 Å². The summed E-state index contributed by atoms with van der Waals surface area (Å²) in [4.78, 5) is 13.9. The standard InChI is InChI=1S/C24H25N3O3S2/c1-18-9-14-23(19(2)15-18)27(32(29,30)22-7-5-4-6-8-22)17-24(28)26-25-16-20-10-12-21(31-3)13-11-20/h4-16H,17H2,1-3H3,(H,26,28)/b25-16+. The topological polar surface area (TPSA) is 78.8 Å². The molecule has 0 bridgehead atoms. The van der Waals surface area contributed by atoms with Gasteiger partial charge < -0.3 is 0 Å². The molecule has 3 aromatic rings. The van der Waals surface area contributed by atoms with Gasteiger partial charge in [0, 0.05) is 4.90 Å². The summed E-state index contributed by atoms with van der Waals surface area (Å²) in [5.41, 5.74) is 5.47. The minimum Gasteiger partial charge on any atom is -0.271 e. The maximum Gasteiger partial charge on any atom is 0.264 e. The highest BCUT2D eigenvalue weighted by Gasteiger charge is 2.28. The normalized spacial score (nSPS) is 11.5. The van der Waals surface area contributed by atoms with Crippen molar-refractivity contribution in [3.05, 3.63) is 89.5 Å². The average molecular weight is 468 g/mol. The van der Waals surface area contributed by atoms with E-state index >= 15 is 0 Å². The lowest BCUT2D eigenvalue weighted by molar-refractivity contribution is -0.119. The fourth-order valence-electron chi connectivity index (χ4n) is 3.14. The van der Waals surface area contributed by atoms with E-state index in [4.69, 9.17) is 0 Å². The van der Waals surface area contributed by atoms with Crippen LogP contribution in [0.1, 0.15) is 16.7 Å². The average Bonchev–Trinajstić information content (AvgIpc) is 2.79. The molecule has 6 nitrogen and oxygen atoms in total. The molecule has 0 aliphatic carbocycles. The Kier molecular flexibility index (Phi) is 7.71. The van der Waals surface area contributed by atoms with Crippen LogP contribution in [0.3, 0.4) is 0 Å². The highest BCUT2D eigenvalue weighted by atomic mass is 32.2. The number of amides is 1. The fraction of sp³-hybridized carbons (Fsp3) is 0.167. The van der Waals surface area contributed by atoms with Crippen LogP contribution in [-0.4, -0.2) is 33.3 Å². The van der Waals surface area contributed by atoms with Crippen LogP contribution in [0.15, 0.2) is 87.7 Å². The van der Waals surface area contributed by atoms with Crippen molar-refractivity contribution in [3.8, 4) is 0 Å². The third kappa shape index (κ3) is 5.77. The van der Waals surface area contributed by atoms with Crippen LogP contribution in [0.25, 0.3) is 0 Å². The molecule has 1 N–H and O–H groups in total. The van der Waals surface area contributed by atoms with E-state index in [0.717, 1.165) is 25.9 Å². The number of hydrazone groups is 1. The van der Waals surface area contributed by atoms with E-state index in [1.165, 1.54) is 18.3 Å². The molecule has 0 heterocycles. The molecule has 0 unspecified atom stereocenters. The molecular formula is C24H25N3O3S2. The Hall–Kier alpha value is -3.10. The Morgan fingerprint density at radius 2 is 1.72 bits per heavy atom. The Morgan fingerprint density at radius 1 is 1.03 bits per heavy atom. The smallest absolute Gasteiger partial charge is 0.264 e. The van der Waals surface area contributed by atoms with Crippen LogP contribution in [0.5, 0.6) is 0 Å². The Labute approximate surface area is 193 Å². The van der Waals surface area contributed by atoms with Crippen molar-refractivity contribution in [1.29, 1.82) is 0 Å². The number of nitrogens with zero attached hydrogens (tertiary/aromatic N) is 2. The van der Waals surface area contributed by atoms with Gasteiger partial charge in [-0.1, -0.05) is 48.0 Å². The van der Waals surface area contributed by atoms with Crippen molar-refractivity contribution in [2.24, 2.45) is 5.10 Å². The van der Waals surface area contributed by atoms with Crippen molar-refractivity contribution in [2.75, 3.05) is 17.1 Å². The van der Waals surface area contributed by atoms with Gasteiger partial charge >= 0.3 is 0 Å². The van der Waals surface area contributed by atoms with Gasteiger partial charge in [0.25, 0.3) is 15.9 Å². The van der Waals surface area contributed by atoms with E-state index < -0.39 is 22.5 Å². The second kappa shape index (κ2) is 10.5. The first-order valence-electron chi connectivity index (χ1n) is 9.92. The Bertz CT molecular complexity index is 1210.